The molecule has 0 saturated heterocycles. The number of thiazole rings is 1. The van der Waals surface area contributed by atoms with E-state index in [0.717, 1.165) is 40.5 Å². The Balaban J connectivity index is 0.00000261. The molecule has 0 radical (unpaired) electrons. The van der Waals surface area contributed by atoms with Crippen LogP contribution in [0, 0.1) is 13.8 Å². The molecule has 0 aliphatic carbocycles. The fourth-order valence-corrected chi connectivity index (χ4v) is 4.24. The molecule has 3 aromatic rings. The summed E-state index contributed by atoms with van der Waals surface area (Å²) in [5.41, 5.74) is 3.31. The second-order valence-corrected chi connectivity index (χ2v) is 7.40. The van der Waals surface area contributed by atoms with E-state index in [4.69, 9.17) is 9.40 Å². The lowest BCUT2D eigenvalue weighted by molar-refractivity contribution is 0.0957. The van der Waals surface area contributed by atoms with Crippen molar-refractivity contribution in [1.82, 2.24) is 9.88 Å². The van der Waals surface area contributed by atoms with E-state index in [9.17, 15) is 4.79 Å². The van der Waals surface area contributed by atoms with Gasteiger partial charge in [0.1, 0.15) is 0 Å². The summed E-state index contributed by atoms with van der Waals surface area (Å²) in [5, 5.41) is 0.724. The first-order valence-corrected chi connectivity index (χ1v) is 9.80. The lowest BCUT2D eigenvalue weighted by atomic mass is 10.1. The van der Waals surface area contributed by atoms with E-state index >= 15 is 0 Å². The van der Waals surface area contributed by atoms with Gasteiger partial charge in [0, 0.05) is 13.1 Å². The van der Waals surface area contributed by atoms with Gasteiger partial charge in [0.05, 0.1) is 16.5 Å². The standard InChI is InChI=1S/C20H25N3O2S.ClH/c1-5-22(6-2)9-10-23(19(24)16-8-7-11-25-16)20-21-18-15(4)12-14(3)13-17(18)26-20;/h7-8,11-13H,5-6,9-10H2,1-4H3;1H. The van der Waals surface area contributed by atoms with Gasteiger partial charge in [0.15, 0.2) is 10.9 Å². The number of amides is 1. The Morgan fingerprint density at radius 3 is 2.56 bits per heavy atom. The molecule has 0 aliphatic heterocycles. The van der Waals surface area contributed by atoms with Gasteiger partial charge in [-0.15, -0.1) is 12.4 Å². The van der Waals surface area contributed by atoms with Crippen molar-refractivity contribution in [2.75, 3.05) is 31.1 Å². The molecule has 3 rings (SSSR count). The number of aryl methyl sites for hydroxylation is 2. The maximum Gasteiger partial charge on any atom is 0.295 e. The topological polar surface area (TPSA) is 49.6 Å². The van der Waals surface area contributed by atoms with E-state index < -0.39 is 0 Å². The number of hydrogen-bond donors (Lipinski definition) is 0. The van der Waals surface area contributed by atoms with E-state index in [1.165, 1.54) is 11.8 Å². The zero-order valence-corrected chi connectivity index (χ0v) is 17.8. The fourth-order valence-electron chi connectivity index (χ4n) is 3.07. The number of rotatable bonds is 7. The number of nitrogens with zero attached hydrogens (tertiary/aromatic N) is 3. The largest absolute Gasteiger partial charge is 0.459 e. The average Bonchev–Trinajstić information content (AvgIpc) is 3.28. The van der Waals surface area contributed by atoms with Crippen LogP contribution in [0.4, 0.5) is 5.13 Å². The smallest absolute Gasteiger partial charge is 0.295 e. The number of benzene rings is 1. The first-order valence-electron chi connectivity index (χ1n) is 8.99. The van der Waals surface area contributed by atoms with Crippen LogP contribution in [0.2, 0.25) is 0 Å². The molecule has 0 N–H and O–H groups in total. The summed E-state index contributed by atoms with van der Waals surface area (Å²) >= 11 is 1.56. The minimum absolute atomic E-state index is 0. The monoisotopic (exact) mass is 407 g/mol. The highest BCUT2D eigenvalue weighted by atomic mass is 35.5. The normalized spacial score (nSPS) is 11.0. The van der Waals surface area contributed by atoms with E-state index in [1.54, 1.807) is 28.4 Å². The molecule has 0 bridgehead atoms. The number of likely N-dealkylation sites (N-methyl/N-ethyl adjacent to an activating group) is 1. The van der Waals surface area contributed by atoms with Gasteiger partial charge in [-0.3, -0.25) is 9.69 Å². The lowest BCUT2D eigenvalue weighted by Gasteiger charge is -2.24. The fraction of sp³-hybridized carbons (Fsp3) is 0.400. The third kappa shape index (κ3) is 4.69. The summed E-state index contributed by atoms with van der Waals surface area (Å²) in [5.74, 6) is 0.201. The van der Waals surface area contributed by atoms with Gasteiger partial charge in [-0.2, -0.15) is 0 Å². The number of furan rings is 1. The van der Waals surface area contributed by atoms with Crippen LogP contribution in [0.15, 0.2) is 34.9 Å². The number of carbonyl (C=O) groups excluding carboxylic acids is 1. The summed E-state index contributed by atoms with van der Waals surface area (Å²) in [6.45, 7) is 11.7. The molecule has 27 heavy (non-hydrogen) atoms. The third-order valence-electron chi connectivity index (χ3n) is 4.56. The molecule has 1 amide bonds. The number of anilines is 1. The van der Waals surface area contributed by atoms with Crippen molar-refractivity contribution < 1.29 is 9.21 Å². The highest BCUT2D eigenvalue weighted by molar-refractivity contribution is 7.22. The first kappa shape index (κ1) is 21.4. The van der Waals surface area contributed by atoms with E-state index in [2.05, 4.69) is 44.7 Å². The Morgan fingerprint density at radius 2 is 1.93 bits per heavy atom. The molecular formula is C20H26ClN3O2S. The minimum atomic E-state index is -0.143. The minimum Gasteiger partial charge on any atom is -0.459 e. The lowest BCUT2D eigenvalue weighted by Crippen LogP contribution is -2.38. The van der Waals surface area contributed by atoms with Crippen molar-refractivity contribution in [1.29, 1.82) is 0 Å². The predicted molar refractivity (Wildman–Crippen MR) is 115 cm³/mol. The van der Waals surface area contributed by atoms with Crippen molar-refractivity contribution in [2.45, 2.75) is 27.7 Å². The zero-order valence-electron chi connectivity index (χ0n) is 16.2. The van der Waals surface area contributed by atoms with Crippen LogP contribution >= 0.6 is 23.7 Å². The highest BCUT2D eigenvalue weighted by Gasteiger charge is 2.24. The summed E-state index contributed by atoms with van der Waals surface area (Å²) in [4.78, 5) is 21.8. The molecule has 0 saturated carbocycles. The van der Waals surface area contributed by atoms with Gasteiger partial charge in [-0.25, -0.2) is 4.98 Å². The van der Waals surface area contributed by atoms with Crippen molar-refractivity contribution >= 4 is 45.0 Å². The maximum absolute atomic E-state index is 13.0. The quantitative estimate of drug-likeness (QED) is 0.558. The Bertz CT molecular complexity index is 888. The van der Waals surface area contributed by atoms with Crippen LogP contribution in [-0.2, 0) is 0 Å². The Kier molecular flexibility index (Phi) is 7.41. The molecule has 1 aromatic carbocycles. The molecule has 5 nitrogen and oxygen atoms in total. The van der Waals surface area contributed by atoms with E-state index in [0.29, 0.717) is 12.3 Å². The maximum atomic E-state index is 13.0. The number of fused-ring (bicyclic) bond motifs is 1. The zero-order chi connectivity index (χ0) is 18.7. The van der Waals surface area contributed by atoms with Crippen molar-refractivity contribution in [3.8, 4) is 0 Å². The molecule has 7 heteroatoms. The van der Waals surface area contributed by atoms with Gasteiger partial charge < -0.3 is 9.32 Å². The molecule has 0 spiro atoms. The van der Waals surface area contributed by atoms with Crippen molar-refractivity contribution in [2.24, 2.45) is 0 Å². The van der Waals surface area contributed by atoms with E-state index in [1.807, 2.05) is 0 Å². The van der Waals surface area contributed by atoms with Gasteiger partial charge in [-0.05, 0) is 56.3 Å². The Labute approximate surface area is 170 Å². The molecular weight excluding hydrogens is 382 g/mol. The summed E-state index contributed by atoms with van der Waals surface area (Å²) in [7, 11) is 0. The van der Waals surface area contributed by atoms with Crippen LogP contribution in [0.1, 0.15) is 35.5 Å². The highest BCUT2D eigenvalue weighted by Crippen LogP contribution is 2.32. The Morgan fingerprint density at radius 1 is 1.19 bits per heavy atom. The van der Waals surface area contributed by atoms with Crippen LogP contribution in [0.3, 0.4) is 0 Å². The van der Waals surface area contributed by atoms with Crippen molar-refractivity contribution in [3.05, 3.63) is 47.4 Å². The number of carbonyl (C=O) groups is 1. The molecule has 2 heterocycles. The van der Waals surface area contributed by atoms with E-state index in [-0.39, 0.29) is 18.3 Å². The molecule has 0 fully saturated rings. The van der Waals surface area contributed by atoms with Crippen LogP contribution in [0.25, 0.3) is 10.2 Å². The van der Waals surface area contributed by atoms with Crippen molar-refractivity contribution in [3.63, 3.8) is 0 Å². The second-order valence-electron chi connectivity index (χ2n) is 6.39. The second kappa shape index (κ2) is 9.35. The summed E-state index contributed by atoms with van der Waals surface area (Å²) < 4.78 is 6.46. The SMILES string of the molecule is CCN(CC)CCN(C(=O)c1ccco1)c1nc2c(C)cc(C)cc2s1.Cl. The summed E-state index contributed by atoms with van der Waals surface area (Å²) in [6.07, 6.45) is 1.53. The summed E-state index contributed by atoms with van der Waals surface area (Å²) in [6, 6.07) is 7.70. The van der Waals surface area contributed by atoms with Gasteiger partial charge in [0.2, 0.25) is 0 Å². The predicted octanol–water partition coefficient (Wildman–Crippen LogP) is 4.92. The number of hydrogen-bond acceptors (Lipinski definition) is 5. The molecule has 0 unspecified atom stereocenters. The van der Waals surface area contributed by atoms with Crippen LogP contribution < -0.4 is 4.90 Å². The van der Waals surface area contributed by atoms with Gasteiger partial charge in [-0.1, -0.05) is 31.3 Å². The molecule has 0 atom stereocenters. The molecule has 0 aliphatic rings. The average molecular weight is 408 g/mol. The first-order chi connectivity index (χ1) is 12.5. The number of aromatic nitrogens is 1. The molecule has 146 valence electrons. The van der Waals surface area contributed by atoms with Crippen LogP contribution in [0.5, 0.6) is 0 Å². The Hall–Kier alpha value is -1.89. The molecule has 2 aromatic heterocycles. The van der Waals surface area contributed by atoms with Gasteiger partial charge in [0.25, 0.3) is 5.91 Å². The van der Waals surface area contributed by atoms with Gasteiger partial charge >= 0.3 is 0 Å². The third-order valence-corrected chi connectivity index (χ3v) is 5.59. The van der Waals surface area contributed by atoms with Crippen LogP contribution in [-0.4, -0.2) is 42.0 Å². The number of halogens is 1.